The van der Waals surface area contributed by atoms with Crippen LogP contribution in [-0.2, 0) is 65.4 Å². The third-order valence-corrected chi connectivity index (χ3v) is 16.1. The predicted molar refractivity (Wildman–Crippen MR) is 317 cm³/mol. The smallest absolute Gasteiger partial charge is 0.462 e. The fourth-order valence-electron chi connectivity index (χ4n) is 8.92. The van der Waals surface area contributed by atoms with Crippen LogP contribution in [0.2, 0.25) is 0 Å². The Morgan fingerprint density at radius 1 is 0.362 bits per heavy atom. The summed E-state index contributed by atoms with van der Waals surface area (Å²) >= 11 is 0. The Morgan fingerprint density at radius 2 is 0.637 bits per heavy atom. The molecule has 0 radical (unpaired) electrons. The van der Waals surface area contributed by atoms with E-state index in [2.05, 4.69) is 48.5 Å². The van der Waals surface area contributed by atoms with Crippen molar-refractivity contribution in [3.63, 3.8) is 0 Å². The Morgan fingerprint density at radius 3 is 0.950 bits per heavy atom. The SMILES string of the molecule is CCCCCCCC(=O)OC[C@H](COP(=O)(O)OC[C@H](O)COP(=O)(O)OC[C@@H](COC(=O)CCCCCCCCCCC(C)CC)OC(=O)CCCCCCCCCCCCCC(C)C)OC(=O)CCCCCCCCC(C)C. The van der Waals surface area contributed by atoms with Crippen molar-refractivity contribution in [3.05, 3.63) is 0 Å². The number of unbranched alkanes of at least 4 members (excludes halogenated alkanes) is 26. The molecule has 0 bridgehead atoms. The first-order valence-corrected chi connectivity index (χ1v) is 34.9. The van der Waals surface area contributed by atoms with Gasteiger partial charge >= 0.3 is 39.5 Å². The number of hydrogen-bond acceptors (Lipinski definition) is 15. The van der Waals surface area contributed by atoms with Crippen molar-refractivity contribution >= 4 is 39.5 Å². The summed E-state index contributed by atoms with van der Waals surface area (Å²) in [7, 11) is -9.87. The number of aliphatic hydroxyl groups is 1. The first-order chi connectivity index (χ1) is 38.3. The highest BCUT2D eigenvalue weighted by atomic mass is 31.2. The van der Waals surface area contributed by atoms with E-state index < -0.39 is 97.5 Å². The third kappa shape index (κ3) is 54.0. The van der Waals surface area contributed by atoms with Gasteiger partial charge in [0.1, 0.15) is 19.3 Å². The maximum Gasteiger partial charge on any atom is 0.472 e. The quantitative estimate of drug-likeness (QED) is 0.0222. The van der Waals surface area contributed by atoms with Gasteiger partial charge in [-0.1, -0.05) is 241 Å². The van der Waals surface area contributed by atoms with Gasteiger partial charge in [0.05, 0.1) is 26.4 Å². The van der Waals surface area contributed by atoms with Gasteiger partial charge in [0.25, 0.3) is 0 Å². The second-order valence-corrected chi connectivity index (χ2v) is 26.2. The lowest BCUT2D eigenvalue weighted by Gasteiger charge is -2.21. The second-order valence-electron chi connectivity index (χ2n) is 23.3. The zero-order valence-corrected chi connectivity index (χ0v) is 53.3. The maximum atomic E-state index is 12.9. The van der Waals surface area contributed by atoms with E-state index in [1.54, 1.807) is 0 Å². The van der Waals surface area contributed by atoms with E-state index in [-0.39, 0.29) is 25.7 Å². The van der Waals surface area contributed by atoms with E-state index in [0.717, 1.165) is 108 Å². The summed E-state index contributed by atoms with van der Waals surface area (Å²) in [6, 6.07) is 0. The number of phosphoric ester groups is 2. The van der Waals surface area contributed by atoms with Gasteiger partial charge in [-0.2, -0.15) is 0 Å². The summed E-state index contributed by atoms with van der Waals surface area (Å²) in [6.45, 7) is 11.6. The van der Waals surface area contributed by atoms with E-state index in [1.807, 2.05) is 0 Å². The molecule has 19 heteroatoms. The number of aliphatic hydroxyl groups excluding tert-OH is 1. The second kappa shape index (κ2) is 52.6. The molecule has 0 aromatic heterocycles. The highest BCUT2D eigenvalue weighted by molar-refractivity contribution is 7.47. The Balaban J connectivity index is 5.19. The molecule has 0 heterocycles. The van der Waals surface area contributed by atoms with E-state index in [1.165, 1.54) is 96.3 Å². The molecular formula is C61H118O17P2. The zero-order chi connectivity index (χ0) is 59.5. The van der Waals surface area contributed by atoms with Crippen LogP contribution >= 0.6 is 15.6 Å². The first kappa shape index (κ1) is 78.1. The molecule has 0 saturated carbocycles. The predicted octanol–water partition coefficient (Wildman–Crippen LogP) is 16.3. The summed E-state index contributed by atoms with van der Waals surface area (Å²) in [4.78, 5) is 71.8. The molecule has 0 spiro atoms. The number of ether oxygens (including phenoxy) is 4. The van der Waals surface area contributed by atoms with Crippen LogP contribution < -0.4 is 0 Å². The molecule has 80 heavy (non-hydrogen) atoms. The van der Waals surface area contributed by atoms with Crippen molar-refractivity contribution in [2.24, 2.45) is 17.8 Å². The van der Waals surface area contributed by atoms with Crippen LogP contribution in [0, 0.1) is 17.8 Å². The summed E-state index contributed by atoms with van der Waals surface area (Å²) in [5.41, 5.74) is 0. The minimum atomic E-state index is -4.94. The van der Waals surface area contributed by atoms with Gasteiger partial charge in [0, 0.05) is 25.7 Å². The molecule has 0 amide bonds. The van der Waals surface area contributed by atoms with Crippen LogP contribution in [0.4, 0.5) is 0 Å². The lowest BCUT2D eigenvalue weighted by molar-refractivity contribution is -0.161. The number of phosphoric acid groups is 2. The summed E-state index contributed by atoms with van der Waals surface area (Å²) < 4.78 is 67.7. The minimum Gasteiger partial charge on any atom is -0.462 e. The normalized spacial score (nSPS) is 14.8. The van der Waals surface area contributed by atoms with Crippen LogP contribution in [0.15, 0.2) is 0 Å². The van der Waals surface area contributed by atoms with E-state index in [4.69, 9.17) is 37.0 Å². The average molecular weight is 1190 g/mol. The molecular weight excluding hydrogens is 1070 g/mol. The Labute approximate surface area is 486 Å². The van der Waals surface area contributed by atoms with Gasteiger partial charge in [0.2, 0.25) is 0 Å². The van der Waals surface area contributed by atoms with Crippen LogP contribution in [0.3, 0.4) is 0 Å². The largest absolute Gasteiger partial charge is 0.472 e. The van der Waals surface area contributed by atoms with Gasteiger partial charge in [-0.3, -0.25) is 37.3 Å². The zero-order valence-electron chi connectivity index (χ0n) is 51.5. The molecule has 0 aromatic rings. The van der Waals surface area contributed by atoms with E-state index in [0.29, 0.717) is 31.6 Å². The topological polar surface area (TPSA) is 237 Å². The van der Waals surface area contributed by atoms with Crippen LogP contribution in [-0.4, -0.2) is 96.7 Å². The summed E-state index contributed by atoms with van der Waals surface area (Å²) in [5, 5.41) is 10.5. The molecule has 0 aliphatic rings. The molecule has 3 N–H and O–H groups in total. The van der Waals surface area contributed by atoms with Gasteiger partial charge in [-0.25, -0.2) is 9.13 Å². The molecule has 0 aliphatic heterocycles. The summed E-state index contributed by atoms with van der Waals surface area (Å²) in [6.07, 6.45) is 32.5. The molecule has 0 aliphatic carbocycles. The molecule has 6 atom stereocenters. The van der Waals surface area contributed by atoms with Gasteiger partial charge in [-0.05, 0) is 43.4 Å². The Kier molecular flexibility index (Phi) is 51.3. The Hall–Kier alpha value is -1.94. The standard InChI is InChI=1S/C61H118O17P2/c1-8-10-11-25-35-42-58(63)71-48-56(78-61(66)45-38-31-24-23-27-33-40-53(5)6)50-75-79(67,68)73-46-55(62)47-74-80(69,70)76-51-57(49-72-59(64)43-36-29-21-18-17-20-28-34-41-54(7)9-2)77-60(65)44-37-30-22-16-14-12-13-15-19-26-32-39-52(3)4/h52-57,62H,8-51H2,1-7H3,(H,67,68)(H,69,70)/t54?,55-,56+,57+/m0/s1. The fourth-order valence-corrected chi connectivity index (χ4v) is 10.5. The van der Waals surface area contributed by atoms with Crippen molar-refractivity contribution in [3.8, 4) is 0 Å². The van der Waals surface area contributed by atoms with Crippen molar-refractivity contribution in [1.29, 1.82) is 0 Å². The number of esters is 4. The molecule has 0 saturated heterocycles. The number of rotatable bonds is 59. The molecule has 0 aromatic carbocycles. The monoisotopic (exact) mass is 1180 g/mol. The van der Waals surface area contributed by atoms with E-state index in [9.17, 15) is 43.2 Å². The molecule has 0 fully saturated rings. The fraction of sp³-hybridized carbons (Fsp3) is 0.934. The molecule has 3 unspecified atom stereocenters. The van der Waals surface area contributed by atoms with Gasteiger partial charge in [0.15, 0.2) is 12.2 Å². The van der Waals surface area contributed by atoms with Crippen molar-refractivity contribution in [2.45, 2.75) is 311 Å². The van der Waals surface area contributed by atoms with Crippen molar-refractivity contribution in [1.82, 2.24) is 0 Å². The molecule has 0 rings (SSSR count). The maximum absolute atomic E-state index is 12.9. The Bertz CT molecular complexity index is 1600. The van der Waals surface area contributed by atoms with Crippen LogP contribution in [0.25, 0.3) is 0 Å². The lowest BCUT2D eigenvalue weighted by atomic mass is 9.99. The first-order valence-electron chi connectivity index (χ1n) is 31.9. The highest BCUT2D eigenvalue weighted by Crippen LogP contribution is 2.45. The number of carbonyl (C=O) groups is 4. The summed E-state index contributed by atoms with van der Waals surface area (Å²) in [5.74, 6) is 0.0582. The van der Waals surface area contributed by atoms with E-state index >= 15 is 0 Å². The van der Waals surface area contributed by atoms with Crippen molar-refractivity contribution < 1.29 is 80.2 Å². The minimum absolute atomic E-state index is 0.101. The number of carbonyl (C=O) groups excluding carboxylic acids is 4. The van der Waals surface area contributed by atoms with Gasteiger partial charge in [-0.15, -0.1) is 0 Å². The van der Waals surface area contributed by atoms with Crippen LogP contribution in [0.5, 0.6) is 0 Å². The van der Waals surface area contributed by atoms with Crippen LogP contribution in [0.1, 0.15) is 292 Å². The lowest BCUT2D eigenvalue weighted by Crippen LogP contribution is -2.30. The van der Waals surface area contributed by atoms with Crippen molar-refractivity contribution in [2.75, 3.05) is 39.6 Å². The molecule has 474 valence electrons. The number of hydrogen-bond donors (Lipinski definition) is 3. The average Bonchev–Trinajstić information content (AvgIpc) is 3.41. The third-order valence-electron chi connectivity index (χ3n) is 14.2. The van der Waals surface area contributed by atoms with Gasteiger partial charge < -0.3 is 33.8 Å². The molecule has 17 nitrogen and oxygen atoms in total. The highest BCUT2D eigenvalue weighted by Gasteiger charge is 2.30.